The Bertz CT molecular complexity index is 302. The molecule has 1 aromatic carbocycles. The van der Waals surface area contributed by atoms with Crippen LogP contribution in [0.1, 0.15) is 5.56 Å². The molecule has 1 atom stereocenters. The van der Waals surface area contributed by atoms with Crippen molar-refractivity contribution < 1.29 is 43.8 Å². The minimum absolute atomic E-state index is 0. The van der Waals surface area contributed by atoms with E-state index in [0.29, 0.717) is 5.56 Å². The van der Waals surface area contributed by atoms with Crippen LogP contribution in [0.15, 0.2) is 24.3 Å². The summed E-state index contributed by atoms with van der Waals surface area (Å²) in [6.07, 6.45) is 0.155. The summed E-state index contributed by atoms with van der Waals surface area (Å²) in [4.78, 5) is 10.3. The zero-order valence-corrected chi connectivity index (χ0v) is 9.87. The first-order valence-electron chi connectivity index (χ1n) is 3.80. The van der Waals surface area contributed by atoms with Gasteiger partial charge in [0, 0.05) is 6.04 Å². The molecule has 2 N–H and O–H groups in total. The fourth-order valence-corrected chi connectivity index (χ4v) is 0.958. The molecule has 14 heavy (non-hydrogen) atoms. The number of hydrogen-bond donors (Lipinski definition) is 1. The monoisotopic (exact) mass is 205 g/mol. The van der Waals surface area contributed by atoms with Crippen molar-refractivity contribution in [3.8, 4) is 0 Å². The summed E-state index contributed by atoms with van der Waals surface area (Å²) in [6.45, 7) is 0. The molecule has 70 valence electrons. The van der Waals surface area contributed by atoms with Crippen LogP contribution < -0.4 is 40.4 Å². The van der Waals surface area contributed by atoms with Crippen molar-refractivity contribution in [1.82, 2.24) is 0 Å². The average molecular weight is 205 g/mol. The van der Waals surface area contributed by atoms with Crippen molar-refractivity contribution in [1.29, 1.82) is 0 Å². The van der Waals surface area contributed by atoms with E-state index in [4.69, 9.17) is 5.73 Å². The summed E-state index contributed by atoms with van der Waals surface area (Å²) in [7, 11) is 0. The Morgan fingerprint density at radius 2 is 1.93 bits per heavy atom. The van der Waals surface area contributed by atoms with Crippen molar-refractivity contribution in [2.45, 2.75) is 12.5 Å². The fraction of sp³-hybridized carbons (Fsp3) is 0.222. The number of halogens is 1. The van der Waals surface area contributed by atoms with Gasteiger partial charge in [-0.2, -0.15) is 0 Å². The third-order valence-corrected chi connectivity index (χ3v) is 1.67. The number of aliphatic carboxylic acids is 1. The summed E-state index contributed by atoms with van der Waals surface area (Å²) in [5.41, 5.74) is 5.91. The van der Waals surface area contributed by atoms with Gasteiger partial charge in [-0.15, -0.1) is 0 Å². The van der Waals surface area contributed by atoms with Crippen LogP contribution in [0, 0.1) is 5.82 Å². The third kappa shape index (κ3) is 4.19. The molecule has 0 amide bonds. The Labute approximate surface area is 103 Å². The topological polar surface area (TPSA) is 66.2 Å². The molecule has 0 saturated carbocycles. The molecule has 0 aromatic heterocycles. The molecule has 0 unspecified atom stereocenters. The second-order valence-electron chi connectivity index (χ2n) is 2.76. The van der Waals surface area contributed by atoms with Gasteiger partial charge in [-0.25, -0.2) is 4.39 Å². The van der Waals surface area contributed by atoms with Gasteiger partial charge in [0.05, 0.1) is 5.97 Å². The summed E-state index contributed by atoms with van der Waals surface area (Å²) < 4.78 is 12.4. The van der Waals surface area contributed by atoms with E-state index in [-0.39, 0.29) is 41.8 Å². The van der Waals surface area contributed by atoms with Crippen LogP contribution in [0.2, 0.25) is 0 Å². The van der Waals surface area contributed by atoms with Crippen molar-refractivity contribution in [2.75, 3.05) is 0 Å². The third-order valence-electron chi connectivity index (χ3n) is 1.67. The van der Waals surface area contributed by atoms with Gasteiger partial charge >= 0.3 is 29.6 Å². The minimum atomic E-state index is -1.30. The van der Waals surface area contributed by atoms with Crippen LogP contribution in [0.25, 0.3) is 0 Å². The molecule has 0 aliphatic rings. The number of carbonyl (C=O) groups excluding carboxylic acids is 1. The van der Waals surface area contributed by atoms with E-state index in [1.54, 1.807) is 0 Å². The summed E-state index contributed by atoms with van der Waals surface area (Å²) in [5.74, 6) is -1.66. The van der Waals surface area contributed by atoms with E-state index in [1.165, 1.54) is 24.3 Å². The molecule has 0 heterocycles. The quantitative estimate of drug-likeness (QED) is 0.519. The van der Waals surface area contributed by atoms with E-state index in [2.05, 4.69) is 0 Å². The van der Waals surface area contributed by atoms with Crippen molar-refractivity contribution in [2.24, 2.45) is 5.73 Å². The van der Waals surface area contributed by atoms with E-state index < -0.39 is 12.0 Å². The van der Waals surface area contributed by atoms with Crippen molar-refractivity contribution >= 4 is 5.97 Å². The summed E-state index contributed by atoms with van der Waals surface area (Å²) in [6, 6.07) is 4.48. The standard InChI is InChI=1S/C9H10FNO2.Na/c10-7-3-1-6(2-4-7)5-8(11)9(12)13;/h1-4,8H,5,11H2,(H,12,13);/q;+1/p-1/t8-;/m1./s1. The van der Waals surface area contributed by atoms with Gasteiger partial charge in [0.15, 0.2) is 0 Å². The normalized spacial score (nSPS) is 11.6. The molecule has 3 nitrogen and oxygen atoms in total. The van der Waals surface area contributed by atoms with E-state index >= 15 is 0 Å². The first-order chi connectivity index (χ1) is 6.09. The first-order valence-corrected chi connectivity index (χ1v) is 3.80. The molecule has 0 spiro atoms. The maximum Gasteiger partial charge on any atom is 1.00 e. The van der Waals surface area contributed by atoms with Gasteiger partial charge in [0.25, 0.3) is 0 Å². The zero-order chi connectivity index (χ0) is 9.84. The van der Waals surface area contributed by atoms with Crippen LogP contribution in [0.4, 0.5) is 4.39 Å². The Morgan fingerprint density at radius 1 is 1.43 bits per heavy atom. The Kier molecular flexibility index (Phi) is 5.95. The molecule has 1 rings (SSSR count). The number of hydrogen-bond acceptors (Lipinski definition) is 3. The van der Waals surface area contributed by atoms with E-state index in [9.17, 15) is 14.3 Å². The number of benzene rings is 1. The first kappa shape index (κ1) is 13.6. The van der Waals surface area contributed by atoms with Crippen molar-refractivity contribution in [3.63, 3.8) is 0 Å². The van der Waals surface area contributed by atoms with Gasteiger partial charge in [0.1, 0.15) is 5.82 Å². The maximum absolute atomic E-state index is 12.4. The Hall–Kier alpha value is -0.420. The number of carbonyl (C=O) groups is 1. The number of carboxylic acid groups (broad SMARTS) is 1. The van der Waals surface area contributed by atoms with Gasteiger partial charge in [-0.1, -0.05) is 12.1 Å². The minimum Gasteiger partial charge on any atom is -0.548 e. The smallest absolute Gasteiger partial charge is 0.548 e. The molecule has 0 aliphatic heterocycles. The van der Waals surface area contributed by atoms with E-state index in [1.807, 2.05) is 0 Å². The molecular weight excluding hydrogens is 196 g/mol. The Balaban J connectivity index is 0.00000169. The van der Waals surface area contributed by atoms with Crippen molar-refractivity contribution in [3.05, 3.63) is 35.6 Å². The summed E-state index contributed by atoms with van der Waals surface area (Å²) >= 11 is 0. The second-order valence-corrected chi connectivity index (χ2v) is 2.76. The molecule has 0 saturated heterocycles. The predicted octanol–water partition coefficient (Wildman–Crippen LogP) is -3.55. The predicted molar refractivity (Wildman–Crippen MR) is 43.1 cm³/mol. The van der Waals surface area contributed by atoms with Gasteiger partial charge < -0.3 is 15.6 Å². The SMILES string of the molecule is N[C@H](Cc1ccc(F)cc1)C(=O)[O-].[Na+]. The molecule has 5 heteroatoms. The van der Waals surface area contributed by atoms with Crippen LogP contribution in [0.5, 0.6) is 0 Å². The fourth-order valence-electron chi connectivity index (χ4n) is 0.958. The van der Waals surface area contributed by atoms with E-state index in [0.717, 1.165) is 0 Å². The van der Waals surface area contributed by atoms with Crippen LogP contribution in [-0.2, 0) is 11.2 Å². The maximum atomic E-state index is 12.4. The number of rotatable bonds is 3. The van der Waals surface area contributed by atoms with Crippen LogP contribution in [0.3, 0.4) is 0 Å². The Morgan fingerprint density at radius 3 is 2.36 bits per heavy atom. The summed E-state index contributed by atoms with van der Waals surface area (Å²) in [5, 5.41) is 10.3. The number of nitrogens with two attached hydrogens (primary N) is 1. The average Bonchev–Trinajstić information content (AvgIpc) is 2.08. The molecular formula is C9H9FNNaO2. The largest absolute Gasteiger partial charge is 1.00 e. The van der Waals surface area contributed by atoms with Crippen LogP contribution >= 0.6 is 0 Å². The number of carboxylic acids is 1. The molecule has 0 bridgehead atoms. The molecule has 0 radical (unpaired) electrons. The van der Waals surface area contributed by atoms with Gasteiger partial charge in [-0.05, 0) is 24.1 Å². The zero-order valence-electron chi connectivity index (χ0n) is 7.87. The molecule has 0 fully saturated rings. The molecule has 0 aliphatic carbocycles. The molecule has 1 aromatic rings. The second kappa shape index (κ2) is 6.14. The van der Waals surface area contributed by atoms with Gasteiger partial charge in [0.2, 0.25) is 0 Å². The van der Waals surface area contributed by atoms with Gasteiger partial charge in [-0.3, -0.25) is 0 Å². The van der Waals surface area contributed by atoms with Crippen LogP contribution in [-0.4, -0.2) is 12.0 Å².